The number of hydrogen-bond acceptors (Lipinski definition) is 2. The fraction of sp³-hybridized carbons (Fsp3) is 0.909. The molecule has 13 heavy (non-hydrogen) atoms. The Morgan fingerprint density at radius 2 is 2.23 bits per heavy atom. The van der Waals surface area contributed by atoms with E-state index in [0.717, 1.165) is 6.54 Å². The molecule has 0 aromatic carbocycles. The standard InChI is InChI=1S/C11H21NO/c1-3-6-11-7-4-5-8-12(11)9-10(2)13/h11H,3-9H2,1-2H3. The van der Waals surface area contributed by atoms with E-state index in [-0.39, 0.29) is 0 Å². The zero-order valence-corrected chi connectivity index (χ0v) is 8.88. The first kappa shape index (κ1) is 10.7. The molecule has 0 radical (unpaired) electrons. The Balaban J connectivity index is 2.41. The lowest BCUT2D eigenvalue weighted by Crippen LogP contribution is -2.41. The molecule has 1 atom stereocenters. The topological polar surface area (TPSA) is 20.3 Å². The smallest absolute Gasteiger partial charge is 0.143 e. The van der Waals surface area contributed by atoms with Gasteiger partial charge in [-0.2, -0.15) is 0 Å². The molecule has 0 aliphatic carbocycles. The van der Waals surface area contributed by atoms with Gasteiger partial charge in [-0.1, -0.05) is 19.8 Å². The number of likely N-dealkylation sites (tertiary alicyclic amines) is 1. The molecule has 0 amide bonds. The summed E-state index contributed by atoms with van der Waals surface area (Å²) in [5, 5.41) is 0. The van der Waals surface area contributed by atoms with Gasteiger partial charge in [0.1, 0.15) is 5.78 Å². The van der Waals surface area contributed by atoms with E-state index in [1.54, 1.807) is 6.92 Å². The molecule has 2 heteroatoms. The molecule has 0 aromatic rings. The SMILES string of the molecule is CCCC1CCCCN1CC(C)=O. The van der Waals surface area contributed by atoms with Crippen LogP contribution in [0.2, 0.25) is 0 Å². The van der Waals surface area contributed by atoms with Gasteiger partial charge >= 0.3 is 0 Å². The van der Waals surface area contributed by atoms with Crippen molar-refractivity contribution in [2.24, 2.45) is 0 Å². The molecule has 1 fully saturated rings. The Kier molecular flexibility index (Phi) is 4.43. The third-order valence-corrected chi connectivity index (χ3v) is 2.80. The molecule has 1 aliphatic heterocycles. The Morgan fingerprint density at radius 1 is 1.46 bits per heavy atom. The van der Waals surface area contributed by atoms with Crippen LogP contribution in [0.5, 0.6) is 0 Å². The van der Waals surface area contributed by atoms with E-state index < -0.39 is 0 Å². The van der Waals surface area contributed by atoms with E-state index in [2.05, 4.69) is 11.8 Å². The van der Waals surface area contributed by atoms with Gasteiger partial charge in [-0.05, 0) is 32.7 Å². The van der Waals surface area contributed by atoms with Crippen molar-refractivity contribution in [3.05, 3.63) is 0 Å². The molecule has 2 nitrogen and oxygen atoms in total. The first-order valence-electron chi connectivity index (χ1n) is 5.47. The summed E-state index contributed by atoms with van der Waals surface area (Å²) >= 11 is 0. The van der Waals surface area contributed by atoms with Crippen molar-refractivity contribution >= 4 is 5.78 Å². The summed E-state index contributed by atoms with van der Waals surface area (Å²) in [6.07, 6.45) is 6.40. The average molecular weight is 183 g/mol. The molecule has 0 aromatic heterocycles. The highest BCUT2D eigenvalue weighted by atomic mass is 16.1. The van der Waals surface area contributed by atoms with Crippen LogP contribution in [0.25, 0.3) is 0 Å². The molecular formula is C11H21NO. The van der Waals surface area contributed by atoms with Gasteiger partial charge in [0, 0.05) is 6.04 Å². The van der Waals surface area contributed by atoms with Crippen LogP contribution in [-0.4, -0.2) is 29.8 Å². The fourth-order valence-corrected chi connectivity index (χ4v) is 2.21. The lowest BCUT2D eigenvalue weighted by atomic mass is 9.98. The quantitative estimate of drug-likeness (QED) is 0.666. The van der Waals surface area contributed by atoms with Gasteiger partial charge < -0.3 is 0 Å². The van der Waals surface area contributed by atoms with Gasteiger partial charge in [0.05, 0.1) is 6.54 Å². The third kappa shape index (κ3) is 3.47. The molecule has 1 unspecified atom stereocenters. The molecular weight excluding hydrogens is 162 g/mol. The second-order valence-corrected chi connectivity index (χ2v) is 4.11. The van der Waals surface area contributed by atoms with Crippen molar-refractivity contribution in [1.29, 1.82) is 0 Å². The van der Waals surface area contributed by atoms with Crippen molar-refractivity contribution in [3.8, 4) is 0 Å². The largest absolute Gasteiger partial charge is 0.299 e. The van der Waals surface area contributed by atoms with Crippen LogP contribution < -0.4 is 0 Å². The molecule has 0 N–H and O–H groups in total. The first-order chi connectivity index (χ1) is 6.24. The summed E-state index contributed by atoms with van der Waals surface area (Å²) < 4.78 is 0. The highest BCUT2D eigenvalue weighted by molar-refractivity contribution is 5.77. The van der Waals surface area contributed by atoms with Crippen LogP contribution in [0.1, 0.15) is 46.0 Å². The summed E-state index contributed by atoms with van der Waals surface area (Å²) in [4.78, 5) is 13.4. The Hall–Kier alpha value is -0.370. The number of Topliss-reactive ketones (excluding diaryl/α,β-unsaturated/α-hetero) is 1. The number of rotatable bonds is 4. The van der Waals surface area contributed by atoms with Gasteiger partial charge in [-0.25, -0.2) is 0 Å². The minimum absolute atomic E-state index is 0.308. The normalized spacial score (nSPS) is 24.6. The second kappa shape index (κ2) is 5.38. The maximum atomic E-state index is 11.0. The molecule has 0 saturated carbocycles. The third-order valence-electron chi connectivity index (χ3n) is 2.80. The molecule has 1 aliphatic rings. The van der Waals surface area contributed by atoms with Crippen LogP contribution in [0.3, 0.4) is 0 Å². The molecule has 1 heterocycles. The van der Waals surface area contributed by atoms with Crippen LogP contribution in [0.4, 0.5) is 0 Å². The number of hydrogen-bond donors (Lipinski definition) is 0. The van der Waals surface area contributed by atoms with Crippen molar-refractivity contribution in [1.82, 2.24) is 4.90 Å². The minimum atomic E-state index is 0.308. The predicted octanol–water partition coefficient (Wildman–Crippen LogP) is 2.23. The van der Waals surface area contributed by atoms with E-state index in [1.807, 2.05) is 0 Å². The Bertz CT molecular complexity index is 165. The van der Waals surface area contributed by atoms with Gasteiger partial charge in [0.2, 0.25) is 0 Å². The first-order valence-corrected chi connectivity index (χ1v) is 5.47. The number of ketones is 1. The second-order valence-electron chi connectivity index (χ2n) is 4.11. The number of nitrogens with zero attached hydrogens (tertiary/aromatic N) is 1. The lowest BCUT2D eigenvalue weighted by Gasteiger charge is -2.34. The van der Waals surface area contributed by atoms with Crippen molar-refractivity contribution < 1.29 is 4.79 Å². The van der Waals surface area contributed by atoms with Gasteiger partial charge in [-0.15, -0.1) is 0 Å². The van der Waals surface area contributed by atoms with Gasteiger partial charge in [0.15, 0.2) is 0 Å². The van der Waals surface area contributed by atoms with E-state index in [0.29, 0.717) is 18.4 Å². The molecule has 0 spiro atoms. The highest BCUT2D eigenvalue weighted by Gasteiger charge is 2.21. The summed E-state index contributed by atoms with van der Waals surface area (Å²) in [5.41, 5.74) is 0. The Morgan fingerprint density at radius 3 is 2.85 bits per heavy atom. The van der Waals surface area contributed by atoms with Crippen LogP contribution in [0, 0.1) is 0 Å². The van der Waals surface area contributed by atoms with E-state index in [1.165, 1.54) is 32.1 Å². The van der Waals surface area contributed by atoms with Crippen LogP contribution >= 0.6 is 0 Å². The molecule has 0 bridgehead atoms. The fourth-order valence-electron chi connectivity index (χ4n) is 2.21. The summed E-state index contributed by atoms with van der Waals surface area (Å²) in [6, 6.07) is 0.683. The number of piperidine rings is 1. The zero-order valence-electron chi connectivity index (χ0n) is 8.88. The van der Waals surface area contributed by atoms with Crippen molar-refractivity contribution in [2.45, 2.75) is 52.0 Å². The maximum Gasteiger partial charge on any atom is 0.143 e. The molecule has 76 valence electrons. The maximum absolute atomic E-state index is 11.0. The van der Waals surface area contributed by atoms with E-state index in [4.69, 9.17) is 0 Å². The van der Waals surface area contributed by atoms with Crippen molar-refractivity contribution in [3.63, 3.8) is 0 Å². The van der Waals surface area contributed by atoms with Crippen LogP contribution in [-0.2, 0) is 4.79 Å². The molecule has 1 saturated heterocycles. The van der Waals surface area contributed by atoms with E-state index >= 15 is 0 Å². The number of carbonyl (C=O) groups excluding carboxylic acids is 1. The zero-order chi connectivity index (χ0) is 9.68. The highest BCUT2D eigenvalue weighted by Crippen LogP contribution is 2.20. The summed E-state index contributed by atoms with van der Waals surface area (Å²) in [7, 11) is 0. The minimum Gasteiger partial charge on any atom is -0.299 e. The van der Waals surface area contributed by atoms with Gasteiger partial charge in [0.25, 0.3) is 0 Å². The number of carbonyl (C=O) groups is 1. The van der Waals surface area contributed by atoms with Crippen molar-refractivity contribution in [2.75, 3.05) is 13.1 Å². The van der Waals surface area contributed by atoms with E-state index in [9.17, 15) is 4.79 Å². The summed E-state index contributed by atoms with van der Waals surface area (Å²) in [6.45, 7) is 5.72. The Labute approximate surface area is 81.3 Å². The van der Waals surface area contributed by atoms with Gasteiger partial charge in [-0.3, -0.25) is 9.69 Å². The average Bonchev–Trinajstić information content (AvgIpc) is 2.08. The monoisotopic (exact) mass is 183 g/mol. The lowest BCUT2D eigenvalue weighted by molar-refractivity contribution is -0.119. The molecule has 1 rings (SSSR count). The van der Waals surface area contributed by atoms with Crippen LogP contribution in [0.15, 0.2) is 0 Å². The predicted molar refractivity (Wildman–Crippen MR) is 54.8 cm³/mol. The summed E-state index contributed by atoms with van der Waals surface area (Å²) in [5.74, 6) is 0.308.